The van der Waals surface area contributed by atoms with Crippen molar-refractivity contribution in [2.45, 2.75) is 57.3 Å². The Bertz CT molecular complexity index is 947. The highest BCUT2D eigenvalue weighted by Gasteiger charge is 2.27. The Labute approximate surface area is 178 Å². The number of methoxy groups -OCH3 is 1. The van der Waals surface area contributed by atoms with Crippen LogP contribution in [0.25, 0.3) is 0 Å². The molecule has 1 aromatic carbocycles. The summed E-state index contributed by atoms with van der Waals surface area (Å²) in [5.74, 6) is 1.46. The summed E-state index contributed by atoms with van der Waals surface area (Å²) in [6.07, 6.45) is 7.58. The minimum atomic E-state index is -3.41. The first-order valence-corrected chi connectivity index (χ1v) is 12.3. The lowest BCUT2D eigenvalue weighted by molar-refractivity contribution is 0.384. The number of nitrogens with zero attached hydrogens (tertiary/aromatic N) is 1. The number of pyridine rings is 1. The summed E-state index contributed by atoms with van der Waals surface area (Å²) >= 11 is 0. The number of ether oxygens (including phenoxy) is 1. The maximum absolute atomic E-state index is 13.7. The lowest BCUT2D eigenvalue weighted by atomic mass is 9.88. The Kier molecular flexibility index (Phi) is 7.47. The average molecular weight is 435 g/mol. The third kappa shape index (κ3) is 6.25. The zero-order valence-corrected chi connectivity index (χ0v) is 18.5. The highest BCUT2D eigenvalue weighted by molar-refractivity contribution is 7.89. The normalized spacial score (nSPS) is 20.3. The van der Waals surface area contributed by atoms with Crippen LogP contribution in [0.1, 0.15) is 67.7 Å². The molecular formula is C23H31FN2O3S. The predicted octanol–water partition coefficient (Wildman–Crippen LogP) is 4.53. The first-order valence-electron chi connectivity index (χ1n) is 10.5. The van der Waals surface area contributed by atoms with Crippen LogP contribution in [0, 0.1) is 11.7 Å². The first-order chi connectivity index (χ1) is 14.2. The van der Waals surface area contributed by atoms with Crippen molar-refractivity contribution in [2.24, 2.45) is 11.1 Å². The average Bonchev–Trinajstić information content (AvgIpc) is 3.16. The van der Waals surface area contributed by atoms with Crippen LogP contribution in [0.3, 0.4) is 0 Å². The smallest absolute Gasteiger partial charge is 0.209 e. The van der Waals surface area contributed by atoms with Crippen molar-refractivity contribution in [1.29, 1.82) is 0 Å². The zero-order valence-electron chi connectivity index (χ0n) is 17.7. The summed E-state index contributed by atoms with van der Waals surface area (Å²) < 4.78 is 40.8. The molecule has 1 aliphatic carbocycles. The van der Waals surface area contributed by atoms with Gasteiger partial charge in [-0.2, -0.15) is 0 Å². The van der Waals surface area contributed by atoms with E-state index in [4.69, 9.17) is 9.88 Å². The van der Waals surface area contributed by atoms with E-state index in [2.05, 4.69) is 18.0 Å². The third-order valence-corrected chi connectivity index (χ3v) is 7.01. The van der Waals surface area contributed by atoms with Gasteiger partial charge in [0.15, 0.2) is 11.6 Å². The van der Waals surface area contributed by atoms with Gasteiger partial charge in [0.1, 0.15) is 0 Å². The van der Waals surface area contributed by atoms with Crippen LogP contribution in [0.2, 0.25) is 0 Å². The van der Waals surface area contributed by atoms with E-state index in [0.717, 1.165) is 30.5 Å². The largest absolute Gasteiger partial charge is 0.494 e. The second-order valence-electron chi connectivity index (χ2n) is 8.46. The van der Waals surface area contributed by atoms with Crippen molar-refractivity contribution in [1.82, 2.24) is 4.98 Å². The molecule has 0 aliphatic heterocycles. The fourth-order valence-corrected chi connectivity index (χ4v) is 5.04. The molecule has 1 fully saturated rings. The highest BCUT2D eigenvalue weighted by Crippen LogP contribution is 2.42. The van der Waals surface area contributed by atoms with Gasteiger partial charge in [-0.3, -0.25) is 4.98 Å². The number of rotatable bonds is 9. The molecule has 5 nitrogen and oxygen atoms in total. The molecule has 3 atom stereocenters. The fourth-order valence-electron chi connectivity index (χ4n) is 4.49. The Balaban J connectivity index is 1.52. The van der Waals surface area contributed by atoms with E-state index in [1.807, 2.05) is 24.4 Å². The molecule has 0 spiro atoms. The van der Waals surface area contributed by atoms with Crippen molar-refractivity contribution in [2.75, 3.05) is 12.9 Å². The Morgan fingerprint density at radius 3 is 2.73 bits per heavy atom. The van der Waals surface area contributed by atoms with Gasteiger partial charge in [-0.25, -0.2) is 17.9 Å². The second kappa shape index (κ2) is 9.88. The molecule has 2 N–H and O–H groups in total. The molecule has 0 bridgehead atoms. The number of aromatic nitrogens is 1. The van der Waals surface area contributed by atoms with E-state index >= 15 is 0 Å². The van der Waals surface area contributed by atoms with Crippen molar-refractivity contribution in [3.8, 4) is 5.75 Å². The van der Waals surface area contributed by atoms with Gasteiger partial charge in [-0.15, -0.1) is 0 Å². The van der Waals surface area contributed by atoms with Crippen molar-refractivity contribution in [3.63, 3.8) is 0 Å². The molecule has 1 aromatic heterocycles. The summed E-state index contributed by atoms with van der Waals surface area (Å²) in [7, 11) is -1.92. The number of sulfonamides is 1. The number of aryl methyl sites for hydroxylation is 1. The first kappa shape index (κ1) is 22.7. The van der Waals surface area contributed by atoms with Crippen molar-refractivity contribution < 1.29 is 17.5 Å². The van der Waals surface area contributed by atoms with Crippen LogP contribution in [0.5, 0.6) is 5.75 Å². The van der Waals surface area contributed by atoms with E-state index in [-0.39, 0.29) is 11.6 Å². The standard InChI is InChI=1S/C23H31FN2O3S/c1-16(18-8-10-22(24)23(14-18)29-2)12-17-5-6-19(13-17)20-7-9-21(26-15-20)4-3-11-30(25,27)28/h7-10,14-17,19H,3-6,11-13H2,1-2H3,(H2,25,27,28)/t16-,17+,19+/m0/s1. The van der Waals surface area contributed by atoms with Gasteiger partial charge in [0.25, 0.3) is 0 Å². The summed E-state index contributed by atoms with van der Waals surface area (Å²) in [4.78, 5) is 4.52. The minimum absolute atomic E-state index is 0.0150. The molecule has 2 aromatic rings. The summed E-state index contributed by atoms with van der Waals surface area (Å²) in [5.41, 5.74) is 3.27. The molecule has 1 aliphatic rings. The predicted molar refractivity (Wildman–Crippen MR) is 117 cm³/mol. The Morgan fingerprint density at radius 1 is 1.27 bits per heavy atom. The molecule has 30 heavy (non-hydrogen) atoms. The maximum Gasteiger partial charge on any atom is 0.209 e. The molecule has 0 unspecified atom stereocenters. The number of benzene rings is 1. The zero-order chi connectivity index (χ0) is 21.7. The van der Waals surface area contributed by atoms with Gasteiger partial charge in [0.2, 0.25) is 10.0 Å². The Hall–Kier alpha value is -1.99. The van der Waals surface area contributed by atoms with Gasteiger partial charge in [-0.05, 0) is 85.6 Å². The lowest BCUT2D eigenvalue weighted by Crippen LogP contribution is -2.16. The number of primary sulfonamides is 1. The van der Waals surface area contributed by atoms with Crippen LogP contribution < -0.4 is 9.88 Å². The molecule has 0 amide bonds. The SMILES string of the molecule is COc1cc([C@@H](C)C[C@H]2CC[C@@H](c3ccc(CCCS(N)(=O)=O)nc3)C2)ccc1F. The minimum Gasteiger partial charge on any atom is -0.494 e. The van der Waals surface area contributed by atoms with Crippen molar-refractivity contribution in [3.05, 3.63) is 59.2 Å². The van der Waals surface area contributed by atoms with Crippen LogP contribution in [-0.4, -0.2) is 26.3 Å². The van der Waals surface area contributed by atoms with E-state index in [1.165, 1.54) is 25.2 Å². The monoisotopic (exact) mass is 434 g/mol. The summed E-state index contributed by atoms with van der Waals surface area (Å²) in [6, 6.07) is 9.27. The van der Waals surface area contributed by atoms with Gasteiger partial charge in [0, 0.05) is 11.9 Å². The number of halogens is 1. The molecule has 7 heteroatoms. The van der Waals surface area contributed by atoms with E-state index in [9.17, 15) is 12.8 Å². The quantitative estimate of drug-likeness (QED) is 0.629. The van der Waals surface area contributed by atoms with Crippen LogP contribution in [0.15, 0.2) is 36.5 Å². The maximum atomic E-state index is 13.7. The van der Waals surface area contributed by atoms with E-state index in [1.54, 1.807) is 0 Å². The summed E-state index contributed by atoms with van der Waals surface area (Å²) in [5, 5.41) is 5.04. The lowest BCUT2D eigenvalue weighted by Gasteiger charge is -2.18. The number of hydrogen-bond donors (Lipinski definition) is 1. The molecule has 3 rings (SSSR count). The van der Waals surface area contributed by atoms with E-state index in [0.29, 0.717) is 36.3 Å². The molecule has 1 saturated carbocycles. The van der Waals surface area contributed by atoms with Crippen molar-refractivity contribution >= 4 is 10.0 Å². The topological polar surface area (TPSA) is 82.3 Å². The molecular weight excluding hydrogens is 403 g/mol. The van der Waals surface area contributed by atoms with Gasteiger partial charge >= 0.3 is 0 Å². The summed E-state index contributed by atoms with van der Waals surface area (Å²) in [6.45, 7) is 2.19. The molecule has 0 radical (unpaired) electrons. The number of hydrogen-bond acceptors (Lipinski definition) is 4. The van der Waals surface area contributed by atoms with Crippen LogP contribution in [0.4, 0.5) is 4.39 Å². The second-order valence-corrected chi connectivity index (χ2v) is 10.2. The van der Waals surface area contributed by atoms with Gasteiger partial charge < -0.3 is 4.74 Å². The Morgan fingerprint density at radius 2 is 2.07 bits per heavy atom. The van der Waals surface area contributed by atoms with Crippen LogP contribution >= 0.6 is 0 Å². The molecule has 164 valence electrons. The van der Waals surface area contributed by atoms with E-state index < -0.39 is 10.0 Å². The third-order valence-electron chi connectivity index (χ3n) is 6.15. The molecule has 1 heterocycles. The fraction of sp³-hybridized carbons (Fsp3) is 0.522. The molecule has 0 saturated heterocycles. The van der Waals surface area contributed by atoms with Gasteiger partial charge in [-0.1, -0.05) is 19.1 Å². The van der Waals surface area contributed by atoms with Crippen LogP contribution in [-0.2, 0) is 16.4 Å². The number of nitrogens with two attached hydrogens (primary N) is 1. The highest BCUT2D eigenvalue weighted by atomic mass is 32.2. The van der Waals surface area contributed by atoms with Gasteiger partial charge in [0.05, 0.1) is 12.9 Å².